The molecule has 0 aliphatic rings. The SMILES string of the molecule is Cc1cn(CCCN(C)Cc2ccccc2)cn1. The van der Waals surface area contributed by atoms with Crippen molar-refractivity contribution >= 4 is 0 Å². The van der Waals surface area contributed by atoms with Crippen LogP contribution in [0.25, 0.3) is 0 Å². The van der Waals surface area contributed by atoms with Gasteiger partial charge in [0.15, 0.2) is 0 Å². The Balaban J connectivity index is 1.70. The average molecular weight is 243 g/mol. The maximum absolute atomic E-state index is 4.23. The largest absolute Gasteiger partial charge is 0.337 e. The molecular formula is C15H21N3. The summed E-state index contributed by atoms with van der Waals surface area (Å²) < 4.78 is 2.16. The number of rotatable bonds is 6. The molecule has 1 aromatic carbocycles. The lowest BCUT2D eigenvalue weighted by atomic mass is 10.2. The molecule has 3 heteroatoms. The normalized spacial score (nSPS) is 11.1. The summed E-state index contributed by atoms with van der Waals surface area (Å²) in [4.78, 5) is 6.59. The number of aromatic nitrogens is 2. The Labute approximate surface area is 109 Å². The molecule has 2 rings (SSSR count). The van der Waals surface area contributed by atoms with Gasteiger partial charge in [-0.25, -0.2) is 4.98 Å². The Kier molecular flexibility index (Phi) is 4.53. The van der Waals surface area contributed by atoms with Crippen LogP contribution in [0.15, 0.2) is 42.9 Å². The van der Waals surface area contributed by atoms with Crippen LogP contribution in [0.5, 0.6) is 0 Å². The van der Waals surface area contributed by atoms with E-state index < -0.39 is 0 Å². The van der Waals surface area contributed by atoms with Gasteiger partial charge in [0.05, 0.1) is 12.0 Å². The molecule has 0 amide bonds. The quantitative estimate of drug-likeness (QED) is 0.778. The van der Waals surface area contributed by atoms with Gasteiger partial charge in [-0.2, -0.15) is 0 Å². The summed E-state index contributed by atoms with van der Waals surface area (Å²) in [5, 5.41) is 0. The smallest absolute Gasteiger partial charge is 0.0949 e. The summed E-state index contributed by atoms with van der Waals surface area (Å²) in [6.07, 6.45) is 5.16. The van der Waals surface area contributed by atoms with Crippen molar-refractivity contribution in [3.8, 4) is 0 Å². The van der Waals surface area contributed by atoms with Crippen LogP contribution in [0.2, 0.25) is 0 Å². The molecule has 18 heavy (non-hydrogen) atoms. The first-order valence-corrected chi connectivity index (χ1v) is 6.45. The molecule has 0 saturated heterocycles. The molecule has 0 spiro atoms. The van der Waals surface area contributed by atoms with Crippen molar-refractivity contribution < 1.29 is 0 Å². The van der Waals surface area contributed by atoms with E-state index in [1.54, 1.807) is 0 Å². The molecule has 0 fully saturated rings. The van der Waals surface area contributed by atoms with Gasteiger partial charge in [0.1, 0.15) is 0 Å². The highest BCUT2D eigenvalue weighted by atomic mass is 15.1. The lowest BCUT2D eigenvalue weighted by molar-refractivity contribution is 0.314. The van der Waals surface area contributed by atoms with Crippen LogP contribution in [0.1, 0.15) is 17.7 Å². The van der Waals surface area contributed by atoms with E-state index in [-0.39, 0.29) is 0 Å². The average Bonchev–Trinajstić information content (AvgIpc) is 2.76. The molecular weight excluding hydrogens is 222 g/mol. The minimum atomic E-state index is 1.02. The molecule has 3 nitrogen and oxygen atoms in total. The second-order valence-electron chi connectivity index (χ2n) is 4.83. The van der Waals surface area contributed by atoms with Crippen LogP contribution in [0, 0.1) is 6.92 Å². The van der Waals surface area contributed by atoms with Crippen molar-refractivity contribution in [1.82, 2.24) is 14.5 Å². The molecule has 0 aliphatic heterocycles. The number of imidazole rings is 1. The van der Waals surface area contributed by atoms with Crippen LogP contribution in [-0.4, -0.2) is 28.0 Å². The van der Waals surface area contributed by atoms with Crippen LogP contribution < -0.4 is 0 Å². The monoisotopic (exact) mass is 243 g/mol. The van der Waals surface area contributed by atoms with Gasteiger partial charge < -0.3 is 9.47 Å². The minimum Gasteiger partial charge on any atom is -0.337 e. The van der Waals surface area contributed by atoms with Gasteiger partial charge in [-0.1, -0.05) is 30.3 Å². The second-order valence-corrected chi connectivity index (χ2v) is 4.83. The Morgan fingerprint density at radius 2 is 2.00 bits per heavy atom. The third-order valence-corrected chi connectivity index (χ3v) is 3.01. The van der Waals surface area contributed by atoms with E-state index in [2.05, 4.69) is 58.0 Å². The Hall–Kier alpha value is -1.61. The molecule has 0 saturated carbocycles. The van der Waals surface area contributed by atoms with Gasteiger partial charge in [-0.15, -0.1) is 0 Å². The van der Waals surface area contributed by atoms with E-state index in [4.69, 9.17) is 0 Å². The zero-order chi connectivity index (χ0) is 12.8. The number of hydrogen-bond donors (Lipinski definition) is 0. The highest BCUT2D eigenvalue weighted by Crippen LogP contribution is 2.03. The molecule has 0 aliphatic carbocycles. The van der Waals surface area contributed by atoms with Gasteiger partial charge in [0, 0.05) is 19.3 Å². The Bertz CT molecular complexity index is 462. The second kappa shape index (κ2) is 6.36. The molecule has 0 unspecified atom stereocenters. The molecule has 0 atom stereocenters. The van der Waals surface area contributed by atoms with Crippen molar-refractivity contribution in [1.29, 1.82) is 0 Å². The summed E-state index contributed by atoms with van der Waals surface area (Å²) in [6, 6.07) is 10.6. The summed E-state index contributed by atoms with van der Waals surface area (Å²) in [5.74, 6) is 0. The maximum atomic E-state index is 4.23. The molecule has 96 valence electrons. The Morgan fingerprint density at radius 1 is 1.22 bits per heavy atom. The molecule has 1 heterocycles. The van der Waals surface area contributed by atoms with E-state index in [9.17, 15) is 0 Å². The zero-order valence-electron chi connectivity index (χ0n) is 11.2. The topological polar surface area (TPSA) is 21.1 Å². The summed E-state index contributed by atoms with van der Waals surface area (Å²) >= 11 is 0. The first-order chi connectivity index (χ1) is 8.74. The predicted octanol–water partition coefficient (Wildman–Crippen LogP) is 2.71. The third kappa shape index (κ3) is 4.00. The molecule has 0 radical (unpaired) electrons. The summed E-state index contributed by atoms with van der Waals surface area (Å²) in [6.45, 7) is 5.19. The van der Waals surface area contributed by atoms with Crippen molar-refractivity contribution in [2.45, 2.75) is 26.4 Å². The Morgan fingerprint density at radius 3 is 2.67 bits per heavy atom. The van der Waals surface area contributed by atoms with E-state index in [0.29, 0.717) is 0 Å². The van der Waals surface area contributed by atoms with Gasteiger partial charge in [0.25, 0.3) is 0 Å². The number of benzene rings is 1. The minimum absolute atomic E-state index is 1.02. The van der Waals surface area contributed by atoms with Gasteiger partial charge >= 0.3 is 0 Å². The van der Waals surface area contributed by atoms with Crippen molar-refractivity contribution in [3.05, 3.63) is 54.1 Å². The van der Waals surface area contributed by atoms with Crippen LogP contribution in [0.4, 0.5) is 0 Å². The van der Waals surface area contributed by atoms with Crippen LogP contribution >= 0.6 is 0 Å². The van der Waals surface area contributed by atoms with Gasteiger partial charge in [-0.3, -0.25) is 0 Å². The third-order valence-electron chi connectivity index (χ3n) is 3.01. The van der Waals surface area contributed by atoms with E-state index in [0.717, 1.165) is 31.7 Å². The molecule has 0 N–H and O–H groups in total. The summed E-state index contributed by atoms with van der Waals surface area (Å²) in [7, 11) is 2.17. The van der Waals surface area contributed by atoms with E-state index >= 15 is 0 Å². The summed E-state index contributed by atoms with van der Waals surface area (Å²) in [5.41, 5.74) is 2.46. The number of hydrogen-bond acceptors (Lipinski definition) is 2. The first-order valence-electron chi connectivity index (χ1n) is 6.45. The number of nitrogens with zero attached hydrogens (tertiary/aromatic N) is 3. The molecule has 0 bridgehead atoms. The van der Waals surface area contributed by atoms with Crippen LogP contribution in [-0.2, 0) is 13.1 Å². The van der Waals surface area contributed by atoms with Gasteiger partial charge in [-0.05, 0) is 32.5 Å². The molecule has 1 aromatic heterocycles. The highest BCUT2D eigenvalue weighted by molar-refractivity contribution is 5.14. The van der Waals surface area contributed by atoms with E-state index in [1.807, 2.05) is 13.3 Å². The van der Waals surface area contributed by atoms with E-state index in [1.165, 1.54) is 5.56 Å². The lowest BCUT2D eigenvalue weighted by Crippen LogP contribution is -2.20. The van der Waals surface area contributed by atoms with Crippen molar-refractivity contribution in [3.63, 3.8) is 0 Å². The lowest BCUT2D eigenvalue weighted by Gasteiger charge is -2.16. The first kappa shape index (κ1) is 12.8. The van der Waals surface area contributed by atoms with Crippen molar-refractivity contribution in [2.24, 2.45) is 0 Å². The fourth-order valence-electron chi connectivity index (χ4n) is 2.09. The van der Waals surface area contributed by atoms with Gasteiger partial charge in [0.2, 0.25) is 0 Å². The zero-order valence-corrected chi connectivity index (χ0v) is 11.2. The highest BCUT2D eigenvalue weighted by Gasteiger charge is 2.00. The van der Waals surface area contributed by atoms with Crippen LogP contribution in [0.3, 0.4) is 0 Å². The number of aryl methyl sites for hydroxylation is 2. The molecule has 2 aromatic rings. The fraction of sp³-hybridized carbons (Fsp3) is 0.400. The standard InChI is InChI=1S/C15H21N3/c1-14-11-18(13-16-14)10-6-9-17(2)12-15-7-4-3-5-8-15/h3-5,7-8,11,13H,6,9-10,12H2,1-2H3. The maximum Gasteiger partial charge on any atom is 0.0949 e. The predicted molar refractivity (Wildman–Crippen MR) is 74.4 cm³/mol. The fourth-order valence-corrected chi connectivity index (χ4v) is 2.09. The van der Waals surface area contributed by atoms with Crippen molar-refractivity contribution in [2.75, 3.05) is 13.6 Å².